The molecule has 1 unspecified atom stereocenters. The van der Waals surface area contributed by atoms with Crippen molar-refractivity contribution in [2.75, 3.05) is 13.1 Å². The van der Waals surface area contributed by atoms with Gasteiger partial charge < -0.3 is 9.88 Å². The lowest BCUT2D eigenvalue weighted by Crippen LogP contribution is -2.35. The van der Waals surface area contributed by atoms with Crippen molar-refractivity contribution < 1.29 is 4.79 Å². The molecule has 0 aliphatic carbocycles. The molecular formula is C12H19N3O. The van der Waals surface area contributed by atoms with Gasteiger partial charge in [-0.3, -0.25) is 4.79 Å². The number of imidazole rings is 1. The van der Waals surface area contributed by atoms with Gasteiger partial charge in [-0.15, -0.1) is 0 Å². The minimum Gasteiger partial charge on any atom is -0.326 e. The Bertz CT molecular complexity index is 364. The summed E-state index contributed by atoms with van der Waals surface area (Å²) >= 11 is 0. The third-order valence-electron chi connectivity index (χ3n) is 3.14. The Hall–Kier alpha value is -1.16. The predicted octanol–water partition coefficient (Wildman–Crippen LogP) is 1.65. The van der Waals surface area contributed by atoms with Crippen LogP contribution in [0, 0.1) is 5.92 Å². The highest BCUT2D eigenvalue weighted by atomic mass is 16.1. The maximum absolute atomic E-state index is 12.3. The maximum atomic E-state index is 12.3. The number of carbonyl (C=O) groups excluding carboxylic acids is 1. The first-order chi connectivity index (χ1) is 7.70. The molecule has 1 atom stereocenters. The van der Waals surface area contributed by atoms with Crippen LogP contribution in [0.4, 0.5) is 0 Å². The van der Waals surface area contributed by atoms with Crippen LogP contribution in [-0.4, -0.2) is 28.4 Å². The number of nitrogens with one attached hydrogen (secondary N) is 1. The summed E-state index contributed by atoms with van der Waals surface area (Å²) in [6.45, 7) is 5.98. The van der Waals surface area contributed by atoms with Crippen molar-refractivity contribution in [3.05, 3.63) is 18.2 Å². The molecule has 4 heteroatoms. The van der Waals surface area contributed by atoms with Crippen molar-refractivity contribution in [2.24, 2.45) is 5.92 Å². The number of ketones is 1. The zero-order chi connectivity index (χ0) is 11.5. The van der Waals surface area contributed by atoms with Gasteiger partial charge in [0.05, 0.1) is 12.5 Å². The summed E-state index contributed by atoms with van der Waals surface area (Å²) in [4.78, 5) is 16.4. The van der Waals surface area contributed by atoms with Crippen LogP contribution < -0.4 is 5.32 Å². The standard InChI is InChI=1S/C12H19N3O/c1-9(2)15-8-14-7-11(15)12(16)10-4-3-5-13-6-10/h7-10,13H,3-6H2,1-2H3. The molecule has 1 aliphatic rings. The average molecular weight is 221 g/mol. The van der Waals surface area contributed by atoms with Gasteiger partial charge in [0.1, 0.15) is 5.69 Å². The molecule has 1 aromatic heterocycles. The van der Waals surface area contributed by atoms with E-state index in [0.29, 0.717) is 0 Å². The van der Waals surface area contributed by atoms with E-state index < -0.39 is 0 Å². The average Bonchev–Trinajstić information content (AvgIpc) is 2.78. The monoisotopic (exact) mass is 221 g/mol. The molecule has 0 saturated carbocycles. The highest BCUT2D eigenvalue weighted by Gasteiger charge is 2.25. The highest BCUT2D eigenvalue weighted by Crippen LogP contribution is 2.18. The van der Waals surface area contributed by atoms with Crippen LogP contribution in [0.25, 0.3) is 0 Å². The highest BCUT2D eigenvalue weighted by molar-refractivity contribution is 5.96. The van der Waals surface area contributed by atoms with Crippen molar-refractivity contribution >= 4 is 5.78 Å². The van der Waals surface area contributed by atoms with Gasteiger partial charge in [-0.1, -0.05) is 0 Å². The Morgan fingerprint density at radius 3 is 3.06 bits per heavy atom. The zero-order valence-electron chi connectivity index (χ0n) is 9.94. The molecule has 0 bridgehead atoms. The SMILES string of the molecule is CC(C)n1cncc1C(=O)C1CCCNC1. The molecule has 1 saturated heterocycles. The molecular weight excluding hydrogens is 202 g/mol. The third-order valence-corrected chi connectivity index (χ3v) is 3.14. The van der Waals surface area contributed by atoms with E-state index >= 15 is 0 Å². The van der Waals surface area contributed by atoms with Crippen molar-refractivity contribution in [3.63, 3.8) is 0 Å². The normalized spacial score (nSPS) is 21.3. The van der Waals surface area contributed by atoms with Gasteiger partial charge in [0.15, 0.2) is 5.78 Å². The topological polar surface area (TPSA) is 46.9 Å². The van der Waals surface area contributed by atoms with Gasteiger partial charge in [0, 0.05) is 18.5 Å². The largest absolute Gasteiger partial charge is 0.326 e. The van der Waals surface area contributed by atoms with Crippen molar-refractivity contribution in [1.82, 2.24) is 14.9 Å². The van der Waals surface area contributed by atoms with E-state index in [1.165, 1.54) is 0 Å². The van der Waals surface area contributed by atoms with Gasteiger partial charge in [0.25, 0.3) is 0 Å². The Labute approximate surface area is 96.1 Å². The number of aromatic nitrogens is 2. The molecule has 1 N–H and O–H groups in total. The van der Waals surface area contributed by atoms with E-state index in [1.54, 1.807) is 12.5 Å². The molecule has 0 aromatic carbocycles. The second kappa shape index (κ2) is 4.78. The maximum Gasteiger partial charge on any atom is 0.185 e. The lowest BCUT2D eigenvalue weighted by Gasteiger charge is -2.22. The Kier molecular flexibility index (Phi) is 3.39. The number of hydrogen-bond donors (Lipinski definition) is 1. The summed E-state index contributed by atoms with van der Waals surface area (Å²) in [6.07, 6.45) is 5.52. The summed E-state index contributed by atoms with van der Waals surface area (Å²) in [6, 6.07) is 0.290. The molecule has 2 heterocycles. The van der Waals surface area contributed by atoms with Crippen molar-refractivity contribution in [1.29, 1.82) is 0 Å². The van der Waals surface area contributed by atoms with Gasteiger partial charge in [-0.25, -0.2) is 4.98 Å². The quantitative estimate of drug-likeness (QED) is 0.789. The first-order valence-corrected chi connectivity index (χ1v) is 5.97. The molecule has 1 aromatic rings. The lowest BCUT2D eigenvalue weighted by molar-refractivity contribution is 0.0888. The van der Waals surface area contributed by atoms with Crippen LogP contribution in [0.5, 0.6) is 0 Å². The van der Waals surface area contributed by atoms with E-state index in [9.17, 15) is 4.79 Å². The summed E-state index contributed by atoms with van der Waals surface area (Å²) < 4.78 is 1.96. The van der Waals surface area contributed by atoms with Crippen LogP contribution in [0.2, 0.25) is 0 Å². The minimum atomic E-state index is 0.128. The molecule has 0 spiro atoms. The fourth-order valence-corrected chi connectivity index (χ4v) is 2.19. The summed E-state index contributed by atoms with van der Waals surface area (Å²) in [5, 5.41) is 3.28. The number of piperidine rings is 1. The Morgan fingerprint density at radius 2 is 2.44 bits per heavy atom. The van der Waals surface area contributed by atoms with E-state index in [1.807, 2.05) is 4.57 Å². The second-order valence-electron chi connectivity index (χ2n) is 4.69. The molecule has 2 rings (SSSR count). The van der Waals surface area contributed by atoms with Crippen molar-refractivity contribution in [2.45, 2.75) is 32.7 Å². The fraction of sp³-hybridized carbons (Fsp3) is 0.667. The molecule has 0 amide bonds. The molecule has 88 valence electrons. The van der Waals surface area contributed by atoms with Crippen LogP contribution in [0.15, 0.2) is 12.5 Å². The third kappa shape index (κ3) is 2.16. The molecule has 4 nitrogen and oxygen atoms in total. The van der Waals surface area contributed by atoms with E-state index in [2.05, 4.69) is 24.1 Å². The first kappa shape index (κ1) is 11.3. The smallest absolute Gasteiger partial charge is 0.185 e. The number of carbonyl (C=O) groups is 1. The molecule has 16 heavy (non-hydrogen) atoms. The van der Waals surface area contributed by atoms with E-state index in [-0.39, 0.29) is 17.7 Å². The summed E-state index contributed by atoms with van der Waals surface area (Å²) in [7, 11) is 0. The number of Topliss-reactive ketones (excluding diaryl/α,β-unsaturated/α-hetero) is 1. The summed E-state index contributed by atoms with van der Waals surface area (Å²) in [5.41, 5.74) is 0.753. The van der Waals surface area contributed by atoms with E-state index in [0.717, 1.165) is 31.6 Å². The van der Waals surface area contributed by atoms with Crippen LogP contribution in [0.3, 0.4) is 0 Å². The predicted molar refractivity (Wildman–Crippen MR) is 62.5 cm³/mol. The van der Waals surface area contributed by atoms with Gasteiger partial charge in [0.2, 0.25) is 0 Å². The Morgan fingerprint density at radius 1 is 1.62 bits per heavy atom. The van der Waals surface area contributed by atoms with Gasteiger partial charge in [-0.05, 0) is 33.2 Å². The molecule has 1 aliphatic heterocycles. The number of rotatable bonds is 3. The van der Waals surface area contributed by atoms with Crippen molar-refractivity contribution in [3.8, 4) is 0 Å². The van der Waals surface area contributed by atoms with Gasteiger partial charge >= 0.3 is 0 Å². The summed E-state index contributed by atoms with van der Waals surface area (Å²) in [5.74, 6) is 0.362. The Balaban J connectivity index is 2.16. The van der Waals surface area contributed by atoms with Crippen LogP contribution in [0.1, 0.15) is 43.2 Å². The fourth-order valence-electron chi connectivity index (χ4n) is 2.19. The number of nitrogens with zero attached hydrogens (tertiary/aromatic N) is 2. The second-order valence-corrected chi connectivity index (χ2v) is 4.69. The number of hydrogen-bond acceptors (Lipinski definition) is 3. The minimum absolute atomic E-state index is 0.128. The van der Waals surface area contributed by atoms with Crippen LogP contribution in [-0.2, 0) is 0 Å². The van der Waals surface area contributed by atoms with Gasteiger partial charge in [-0.2, -0.15) is 0 Å². The van der Waals surface area contributed by atoms with Crippen LogP contribution >= 0.6 is 0 Å². The first-order valence-electron chi connectivity index (χ1n) is 5.97. The molecule has 0 radical (unpaired) electrons. The lowest BCUT2D eigenvalue weighted by atomic mass is 9.93. The molecule has 1 fully saturated rings. The zero-order valence-corrected chi connectivity index (χ0v) is 9.94. The van der Waals surface area contributed by atoms with E-state index in [4.69, 9.17) is 0 Å².